The fraction of sp³-hybridized carbons (Fsp3) is 0.786. The van der Waals surface area contributed by atoms with Crippen molar-refractivity contribution < 1.29 is 4.74 Å². The van der Waals surface area contributed by atoms with Crippen LogP contribution in [0.15, 0.2) is 12.3 Å². The van der Waals surface area contributed by atoms with Gasteiger partial charge < -0.3 is 10.1 Å². The van der Waals surface area contributed by atoms with E-state index in [1.165, 1.54) is 0 Å². The molecule has 0 aromatic carbocycles. The molecule has 1 aliphatic heterocycles. The first-order valence-corrected chi connectivity index (χ1v) is 7.08. The maximum absolute atomic E-state index is 5.55. The number of rotatable bonds is 5. The topological polar surface area (TPSA) is 39.1 Å². The summed E-state index contributed by atoms with van der Waals surface area (Å²) in [5.41, 5.74) is 1.13. The van der Waals surface area contributed by atoms with Crippen LogP contribution >= 0.6 is 0 Å². The summed E-state index contributed by atoms with van der Waals surface area (Å²) in [7, 11) is 0. The largest absolute Gasteiger partial charge is 0.378 e. The average Bonchev–Trinajstić information content (AvgIpc) is 2.84. The molecule has 3 atom stereocenters. The minimum absolute atomic E-state index is 0.383. The zero-order valence-corrected chi connectivity index (χ0v) is 11.7. The molecule has 1 aliphatic rings. The van der Waals surface area contributed by atoms with Crippen LogP contribution in [0.5, 0.6) is 0 Å². The Morgan fingerprint density at radius 2 is 2.44 bits per heavy atom. The van der Waals surface area contributed by atoms with Gasteiger partial charge in [-0.15, -0.1) is 0 Å². The smallest absolute Gasteiger partial charge is 0.0762 e. The summed E-state index contributed by atoms with van der Waals surface area (Å²) >= 11 is 0. The van der Waals surface area contributed by atoms with Gasteiger partial charge in [-0.05, 0) is 39.2 Å². The first kappa shape index (κ1) is 13.6. The highest BCUT2D eigenvalue weighted by molar-refractivity contribution is 4.99. The molecule has 0 amide bonds. The summed E-state index contributed by atoms with van der Waals surface area (Å²) in [5, 5.41) is 8.19. The molecule has 2 heterocycles. The average molecular weight is 251 g/mol. The van der Waals surface area contributed by atoms with Crippen LogP contribution in [0.2, 0.25) is 0 Å². The van der Waals surface area contributed by atoms with Crippen LogP contribution in [0.25, 0.3) is 0 Å². The Bertz CT molecular complexity index is 364. The van der Waals surface area contributed by atoms with E-state index in [9.17, 15) is 0 Å². The number of hydrogen-bond acceptors (Lipinski definition) is 3. The lowest BCUT2D eigenvalue weighted by Gasteiger charge is -2.27. The number of nitrogens with zero attached hydrogens (tertiary/aromatic N) is 2. The molecule has 3 unspecified atom stereocenters. The van der Waals surface area contributed by atoms with Gasteiger partial charge in [0, 0.05) is 31.4 Å². The molecule has 1 aromatic rings. The number of hydrogen-bond donors (Lipinski definition) is 1. The van der Waals surface area contributed by atoms with Gasteiger partial charge in [-0.2, -0.15) is 5.10 Å². The molecule has 102 valence electrons. The van der Waals surface area contributed by atoms with Crippen LogP contribution in [0.4, 0.5) is 0 Å². The minimum atomic E-state index is 0.383. The predicted molar refractivity (Wildman–Crippen MR) is 72.5 cm³/mol. The molecule has 1 saturated heterocycles. The lowest BCUT2D eigenvalue weighted by molar-refractivity contribution is 0.0130. The third kappa shape index (κ3) is 3.56. The van der Waals surface area contributed by atoms with E-state index in [2.05, 4.69) is 48.1 Å². The van der Waals surface area contributed by atoms with Gasteiger partial charge in [-0.25, -0.2) is 0 Å². The number of nitrogens with one attached hydrogen (secondary N) is 1. The molecule has 1 N–H and O–H groups in total. The fourth-order valence-corrected chi connectivity index (χ4v) is 2.34. The standard InChI is InChI=1S/C14H25N3O/c1-4-11(2)17-7-5-14(16-17)10-15-13-6-8-18-12(3)9-13/h5,7,11-13,15H,4,6,8-10H2,1-3H3. The Kier molecular flexibility index (Phi) is 4.78. The van der Waals surface area contributed by atoms with Gasteiger partial charge in [0.05, 0.1) is 11.8 Å². The summed E-state index contributed by atoms with van der Waals surface area (Å²) in [6.45, 7) is 8.27. The highest BCUT2D eigenvalue weighted by Crippen LogP contribution is 2.14. The molecule has 18 heavy (non-hydrogen) atoms. The van der Waals surface area contributed by atoms with E-state index in [1.54, 1.807) is 0 Å². The van der Waals surface area contributed by atoms with E-state index in [1.807, 2.05) is 0 Å². The van der Waals surface area contributed by atoms with Gasteiger partial charge in [0.25, 0.3) is 0 Å². The lowest BCUT2D eigenvalue weighted by atomic mass is 10.0. The van der Waals surface area contributed by atoms with E-state index in [0.717, 1.165) is 38.1 Å². The zero-order valence-electron chi connectivity index (χ0n) is 11.7. The van der Waals surface area contributed by atoms with Crippen LogP contribution in [0.1, 0.15) is 51.8 Å². The van der Waals surface area contributed by atoms with Crippen molar-refractivity contribution in [3.8, 4) is 0 Å². The van der Waals surface area contributed by atoms with Gasteiger partial charge >= 0.3 is 0 Å². The first-order chi connectivity index (χ1) is 8.69. The highest BCUT2D eigenvalue weighted by atomic mass is 16.5. The Morgan fingerprint density at radius 3 is 3.17 bits per heavy atom. The molecule has 4 nitrogen and oxygen atoms in total. The Hall–Kier alpha value is -0.870. The first-order valence-electron chi connectivity index (χ1n) is 7.08. The van der Waals surface area contributed by atoms with Crippen LogP contribution in [-0.2, 0) is 11.3 Å². The maximum Gasteiger partial charge on any atom is 0.0762 e. The molecular formula is C14H25N3O. The summed E-state index contributed by atoms with van der Waals surface area (Å²) < 4.78 is 7.61. The minimum Gasteiger partial charge on any atom is -0.378 e. The van der Waals surface area contributed by atoms with E-state index in [-0.39, 0.29) is 0 Å². The molecule has 0 radical (unpaired) electrons. The fourth-order valence-electron chi connectivity index (χ4n) is 2.34. The Balaban J connectivity index is 1.81. The van der Waals surface area contributed by atoms with Gasteiger partial charge in [0.1, 0.15) is 0 Å². The van der Waals surface area contributed by atoms with Crippen molar-refractivity contribution in [2.45, 2.75) is 64.8 Å². The van der Waals surface area contributed by atoms with E-state index in [4.69, 9.17) is 4.74 Å². The van der Waals surface area contributed by atoms with E-state index < -0.39 is 0 Å². The predicted octanol–water partition coefficient (Wildman–Crippen LogP) is 2.51. The van der Waals surface area contributed by atoms with Gasteiger partial charge in [-0.1, -0.05) is 6.92 Å². The van der Waals surface area contributed by atoms with Crippen molar-refractivity contribution in [3.63, 3.8) is 0 Å². The summed E-state index contributed by atoms with van der Waals surface area (Å²) in [6.07, 6.45) is 5.79. The summed E-state index contributed by atoms with van der Waals surface area (Å²) in [5.74, 6) is 0. The van der Waals surface area contributed by atoms with E-state index >= 15 is 0 Å². The highest BCUT2D eigenvalue weighted by Gasteiger charge is 2.18. The second-order valence-corrected chi connectivity index (χ2v) is 5.33. The molecule has 0 aliphatic carbocycles. The quantitative estimate of drug-likeness (QED) is 0.874. The molecule has 1 aromatic heterocycles. The second kappa shape index (κ2) is 6.34. The van der Waals surface area contributed by atoms with Gasteiger partial charge in [-0.3, -0.25) is 4.68 Å². The van der Waals surface area contributed by atoms with Crippen molar-refractivity contribution in [1.29, 1.82) is 0 Å². The maximum atomic E-state index is 5.55. The van der Waals surface area contributed by atoms with Crippen LogP contribution in [-0.4, -0.2) is 28.5 Å². The number of aromatic nitrogens is 2. The van der Waals surface area contributed by atoms with Crippen LogP contribution < -0.4 is 5.32 Å². The normalized spacial score (nSPS) is 26.2. The van der Waals surface area contributed by atoms with Crippen LogP contribution in [0, 0.1) is 0 Å². The molecule has 2 rings (SSSR count). The molecule has 0 bridgehead atoms. The van der Waals surface area contributed by atoms with Gasteiger partial charge in [0.15, 0.2) is 0 Å². The van der Waals surface area contributed by atoms with Crippen molar-refractivity contribution in [1.82, 2.24) is 15.1 Å². The number of ether oxygens (including phenoxy) is 1. The van der Waals surface area contributed by atoms with E-state index in [0.29, 0.717) is 18.2 Å². The molecule has 1 fully saturated rings. The summed E-state index contributed by atoms with van der Waals surface area (Å²) in [6, 6.07) is 3.17. The summed E-state index contributed by atoms with van der Waals surface area (Å²) in [4.78, 5) is 0. The third-order valence-corrected chi connectivity index (χ3v) is 3.76. The molecule has 4 heteroatoms. The Labute approximate surface area is 110 Å². The Morgan fingerprint density at radius 1 is 1.61 bits per heavy atom. The zero-order chi connectivity index (χ0) is 13.0. The third-order valence-electron chi connectivity index (χ3n) is 3.76. The molecular weight excluding hydrogens is 226 g/mol. The van der Waals surface area contributed by atoms with Crippen molar-refractivity contribution in [3.05, 3.63) is 18.0 Å². The van der Waals surface area contributed by atoms with Crippen molar-refractivity contribution in [2.24, 2.45) is 0 Å². The molecule has 0 saturated carbocycles. The van der Waals surface area contributed by atoms with Crippen molar-refractivity contribution >= 4 is 0 Å². The lowest BCUT2D eigenvalue weighted by Crippen LogP contribution is -2.37. The van der Waals surface area contributed by atoms with Crippen molar-refractivity contribution in [2.75, 3.05) is 6.61 Å². The molecule has 0 spiro atoms. The van der Waals surface area contributed by atoms with Gasteiger partial charge in [0.2, 0.25) is 0 Å². The van der Waals surface area contributed by atoms with Crippen LogP contribution in [0.3, 0.4) is 0 Å². The SMILES string of the molecule is CCC(C)n1ccc(CNC2CCOC(C)C2)n1. The monoisotopic (exact) mass is 251 g/mol. The second-order valence-electron chi connectivity index (χ2n) is 5.33.